The van der Waals surface area contributed by atoms with Crippen LogP contribution in [-0.2, 0) is 20.5 Å². The van der Waals surface area contributed by atoms with Crippen molar-refractivity contribution < 1.29 is 27.5 Å². The number of carbonyl (C=O) groups excluding carboxylic acids is 2. The summed E-state index contributed by atoms with van der Waals surface area (Å²) < 4.78 is 43.5. The molecule has 0 saturated heterocycles. The molecule has 0 aliphatic carbocycles. The second kappa shape index (κ2) is 13.5. The van der Waals surface area contributed by atoms with Crippen LogP contribution in [-0.4, -0.2) is 25.2 Å². The average Bonchev–Trinajstić information content (AvgIpc) is 2.83. The number of methoxy groups -OCH3 is 1. The Bertz CT molecular complexity index is 1130. The number of ether oxygens (including phenoxy) is 1. The summed E-state index contributed by atoms with van der Waals surface area (Å²) in [4.78, 5) is 29.5. The molecule has 2 N–H and O–H groups in total. The molecule has 36 heavy (non-hydrogen) atoms. The minimum atomic E-state index is -4.51. The SMILES string of the molecule is C=C(N=C/C=C(\N)c1cccc(Cl)c1)N(C(=O)CCCCCC(=O)OC)c1ccc(C(F)(F)F)cc1. The Morgan fingerprint density at radius 3 is 2.39 bits per heavy atom. The lowest BCUT2D eigenvalue weighted by Crippen LogP contribution is -2.29. The molecule has 0 unspecified atom stereocenters. The smallest absolute Gasteiger partial charge is 0.416 e. The Morgan fingerprint density at radius 1 is 1.11 bits per heavy atom. The van der Waals surface area contributed by atoms with E-state index in [0.717, 1.165) is 17.0 Å². The molecular formula is C26H27ClF3N3O3. The van der Waals surface area contributed by atoms with Crippen LogP contribution in [0.3, 0.4) is 0 Å². The second-order valence-electron chi connectivity index (χ2n) is 7.74. The number of aliphatic imine (C=N–C) groups is 1. The van der Waals surface area contributed by atoms with E-state index in [2.05, 4.69) is 16.3 Å². The highest BCUT2D eigenvalue weighted by Gasteiger charge is 2.30. The molecule has 0 radical (unpaired) electrons. The Balaban J connectivity index is 2.18. The third-order valence-corrected chi connectivity index (χ3v) is 5.33. The van der Waals surface area contributed by atoms with Gasteiger partial charge >= 0.3 is 12.1 Å². The molecule has 0 aromatic heterocycles. The van der Waals surface area contributed by atoms with Gasteiger partial charge in [0.1, 0.15) is 5.82 Å². The van der Waals surface area contributed by atoms with Crippen LogP contribution >= 0.6 is 11.6 Å². The minimum Gasteiger partial charge on any atom is -0.469 e. The van der Waals surface area contributed by atoms with Crippen molar-refractivity contribution in [2.24, 2.45) is 10.7 Å². The zero-order chi connectivity index (χ0) is 26.7. The molecule has 1 amide bonds. The molecule has 10 heteroatoms. The summed E-state index contributed by atoms with van der Waals surface area (Å²) in [6, 6.07) is 11.0. The van der Waals surface area contributed by atoms with Gasteiger partial charge in [-0.05, 0) is 60.9 Å². The van der Waals surface area contributed by atoms with E-state index in [-0.39, 0.29) is 30.3 Å². The van der Waals surface area contributed by atoms with E-state index in [1.54, 1.807) is 24.3 Å². The zero-order valence-electron chi connectivity index (χ0n) is 19.7. The number of amides is 1. The van der Waals surface area contributed by atoms with Crippen molar-refractivity contribution in [3.05, 3.63) is 83.2 Å². The number of nitrogens with zero attached hydrogens (tertiary/aromatic N) is 2. The summed E-state index contributed by atoms with van der Waals surface area (Å²) in [6.07, 6.45) is 0.264. The van der Waals surface area contributed by atoms with Crippen LogP contribution < -0.4 is 10.6 Å². The van der Waals surface area contributed by atoms with Crippen molar-refractivity contribution in [1.29, 1.82) is 0 Å². The van der Waals surface area contributed by atoms with Gasteiger partial charge in [0.25, 0.3) is 0 Å². The molecule has 0 saturated carbocycles. The Labute approximate surface area is 212 Å². The van der Waals surface area contributed by atoms with Crippen LogP contribution in [0.1, 0.15) is 43.2 Å². The number of benzene rings is 2. The van der Waals surface area contributed by atoms with E-state index >= 15 is 0 Å². The molecule has 192 valence electrons. The van der Waals surface area contributed by atoms with Crippen molar-refractivity contribution >= 4 is 41.1 Å². The van der Waals surface area contributed by atoms with Gasteiger partial charge < -0.3 is 10.5 Å². The first-order chi connectivity index (χ1) is 17.0. The quantitative estimate of drug-likeness (QED) is 0.212. The van der Waals surface area contributed by atoms with Crippen molar-refractivity contribution in [2.75, 3.05) is 12.0 Å². The fraction of sp³-hybridized carbons (Fsp3) is 0.269. The van der Waals surface area contributed by atoms with Gasteiger partial charge in [0, 0.05) is 29.8 Å². The average molecular weight is 522 g/mol. The first-order valence-electron chi connectivity index (χ1n) is 11.0. The third-order valence-electron chi connectivity index (χ3n) is 5.10. The summed E-state index contributed by atoms with van der Waals surface area (Å²) in [6.45, 7) is 3.82. The van der Waals surface area contributed by atoms with Crippen LogP contribution in [0, 0.1) is 0 Å². The fourth-order valence-corrected chi connectivity index (χ4v) is 3.39. The van der Waals surface area contributed by atoms with E-state index in [1.807, 2.05) is 0 Å². The molecule has 2 aromatic rings. The number of allylic oxidation sites excluding steroid dienone is 1. The van der Waals surface area contributed by atoms with Crippen molar-refractivity contribution in [1.82, 2.24) is 0 Å². The summed E-state index contributed by atoms with van der Waals surface area (Å²) >= 11 is 5.97. The van der Waals surface area contributed by atoms with E-state index in [0.29, 0.717) is 35.5 Å². The van der Waals surface area contributed by atoms with Gasteiger partial charge in [0.05, 0.1) is 18.4 Å². The number of hydrogen-bond donors (Lipinski definition) is 1. The fourth-order valence-electron chi connectivity index (χ4n) is 3.20. The van der Waals surface area contributed by atoms with Crippen molar-refractivity contribution in [3.63, 3.8) is 0 Å². The Hall–Kier alpha value is -3.59. The number of unbranched alkanes of at least 4 members (excludes halogenated alkanes) is 2. The molecule has 0 spiro atoms. The lowest BCUT2D eigenvalue weighted by Gasteiger charge is -2.23. The highest BCUT2D eigenvalue weighted by molar-refractivity contribution is 6.30. The number of nitrogens with two attached hydrogens (primary N) is 1. The maximum Gasteiger partial charge on any atom is 0.416 e. The van der Waals surface area contributed by atoms with Crippen molar-refractivity contribution in [2.45, 2.75) is 38.3 Å². The number of rotatable bonds is 11. The summed E-state index contributed by atoms with van der Waals surface area (Å²) in [7, 11) is 1.30. The van der Waals surface area contributed by atoms with Crippen LogP contribution in [0.5, 0.6) is 0 Å². The molecule has 6 nitrogen and oxygen atoms in total. The lowest BCUT2D eigenvalue weighted by molar-refractivity contribution is -0.140. The van der Waals surface area contributed by atoms with Crippen LogP contribution in [0.15, 0.2) is 72.0 Å². The molecule has 2 aromatic carbocycles. The largest absolute Gasteiger partial charge is 0.469 e. The van der Waals surface area contributed by atoms with Gasteiger partial charge in [-0.1, -0.05) is 36.7 Å². The molecule has 0 aliphatic heterocycles. The van der Waals surface area contributed by atoms with Crippen LogP contribution in [0.4, 0.5) is 18.9 Å². The first kappa shape index (κ1) is 28.6. The molecule has 2 rings (SSSR count). The molecule has 0 aliphatic rings. The molecule has 0 heterocycles. The summed E-state index contributed by atoms with van der Waals surface area (Å²) in [5.41, 5.74) is 6.43. The number of anilines is 1. The van der Waals surface area contributed by atoms with Gasteiger partial charge in [-0.3, -0.25) is 14.5 Å². The van der Waals surface area contributed by atoms with Crippen LogP contribution in [0.2, 0.25) is 5.02 Å². The predicted octanol–water partition coefficient (Wildman–Crippen LogP) is 6.36. The van der Waals surface area contributed by atoms with Gasteiger partial charge in [0.15, 0.2) is 0 Å². The van der Waals surface area contributed by atoms with Gasteiger partial charge in [0.2, 0.25) is 5.91 Å². The predicted molar refractivity (Wildman–Crippen MR) is 135 cm³/mol. The van der Waals surface area contributed by atoms with E-state index in [4.69, 9.17) is 17.3 Å². The summed E-state index contributed by atoms with van der Waals surface area (Å²) in [5, 5.41) is 0.510. The van der Waals surface area contributed by atoms with Gasteiger partial charge in [-0.15, -0.1) is 0 Å². The number of hydrogen-bond acceptors (Lipinski definition) is 5. The highest BCUT2D eigenvalue weighted by Crippen LogP contribution is 2.31. The highest BCUT2D eigenvalue weighted by atomic mass is 35.5. The number of halogens is 4. The number of esters is 1. The second-order valence-corrected chi connectivity index (χ2v) is 8.17. The lowest BCUT2D eigenvalue weighted by atomic mass is 10.1. The van der Waals surface area contributed by atoms with E-state index < -0.39 is 17.6 Å². The monoisotopic (exact) mass is 521 g/mol. The molecule has 0 atom stereocenters. The zero-order valence-corrected chi connectivity index (χ0v) is 20.5. The van der Waals surface area contributed by atoms with Crippen molar-refractivity contribution in [3.8, 4) is 0 Å². The molecule has 0 bridgehead atoms. The van der Waals surface area contributed by atoms with Gasteiger partial charge in [-0.2, -0.15) is 13.2 Å². The topological polar surface area (TPSA) is 85.0 Å². The van der Waals surface area contributed by atoms with Crippen LogP contribution in [0.25, 0.3) is 5.70 Å². The van der Waals surface area contributed by atoms with E-state index in [1.165, 1.54) is 31.5 Å². The Kier molecular flexibility index (Phi) is 10.7. The number of carbonyl (C=O) groups is 2. The minimum absolute atomic E-state index is 0.00413. The van der Waals surface area contributed by atoms with Gasteiger partial charge in [-0.25, -0.2) is 4.99 Å². The summed E-state index contributed by atoms with van der Waals surface area (Å²) in [5.74, 6) is -0.730. The third kappa shape index (κ3) is 8.88. The first-order valence-corrected chi connectivity index (χ1v) is 11.4. The number of alkyl halides is 3. The van der Waals surface area contributed by atoms with E-state index in [9.17, 15) is 22.8 Å². The maximum atomic E-state index is 13.0. The standard InChI is InChI=1S/C26H27ClF3N3O3/c1-18(32-16-15-23(31)19-7-6-8-21(27)17-19)33(22-13-11-20(12-14-22)26(28,29)30)24(34)9-4-3-5-10-25(35)36-2/h6-8,11-17H,1,3-5,9-10,31H2,2H3/b23-15-,32-16?. The maximum absolute atomic E-state index is 13.0. The molecule has 0 fully saturated rings. The Morgan fingerprint density at radius 2 is 1.78 bits per heavy atom. The normalized spacial score (nSPS) is 12.0. The molecular weight excluding hydrogens is 495 g/mol.